The Morgan fingerprint density at radius 1 is 1.13 bits per heavy atom. The normalized spacial score (nSPS) is 14.6. The van der Waals surface area contributed by atoms with Crippen molar-refractivity contribution < 1.29 is 22.8 Å². The number of aromatic nitrogens is 3. The summed E-state index contributed by atoms with van der Waals surface area (Å²) in [7, 11) is 0. The minimum absolute atomic E-state index is 0.0292. The Bertz CT molecular complexity index is 1120. The van der Waals surface area contributed by atoms with Gasteiger partial charge in [-0.15, -0.1) is 0 Å². The van der Waals surface area contributed by atoms with E-state index in [2.05, 4.69) is 20.7 Å². The number of amides is 2. The molecular weight excluding hydrogens is 413 g/mol. The second-order valence-corrected chi connectivity index (χ2v) is 7.09. The standard InChI is InChI=1S/C20H19F3N6O2/c21-20(22,23)17-3-1-2-16(26-17)19(31)25-14-4-5-15-13(10-14)11-29(27-15)12-18(30)28-8-6-24-7-9-28/h1-5,10-11,24H,6-9,12H2,(H,25,31). The zero-order valence-electron chi connectivity index (χ0n) is 16.3. The highest BCUT2D eigenvalue weighted by Crippen LogP contribution is 2.27. The third-order valence-electron chi connectivity index (χ3n) is 4.85. The van der Waals surface area contributed by atoms with E-state index in [1.807, 2.05) is 0 Å². The first-order chi connectivity index (χ1) is 14.8. The summed E-state index contributed by atoms with van der Waals surface area (Å²) in [6.45, 7) is 2.93. The van der Waals surface area contributed by atoms with Crippen LogP contribution in [0.2, 0.25) is 0 Å². The van der Waals surface area contributed by atoms with Crippen molar-refractivity contribution in [3.8, 4) is 0 Å². The predicted octanol–water partition coefficient (Wildman–Crippen LogP) is 2.13. The Balaban J connectivity index is 1.47. The number of halogens is 3. The predicted molar refractivity (Wildman–Crippen MR) is 106 cm³/mol. The smallest absolute Gasteiger partial charge is 0.339 e. The van der Waals surface area contributed by atoms with Gasteiger partial charge in [-0.1, -0.05) is 6.07 Å². The number of rotatable bonds is 4. The van der Waals surface area contributed by atoms with Gasteiger partial charge in [-0.2, -0.15) is 18.3 Å². The van der Waals surface area contributed by atoms with Gasteiger partial charge in [0.25, 0.3) is 5.91 Å². The van der Waals surface area contributed by atoms with Crippen molar-refractivity contribution >= 4 is 28.4 Å². The maximum Gasteiger partial charge on any atom is 0.433 e. The third-order valence-corrected chi connectivity index (χ3v) is 4.85. The van der Waals surface area contributed by atoms with Gasteiger partial charge in [-0.05, 0) is 30.3 Å². The average molecular weight is 432 g/mol. The topological polar surface area (TPSA) is 92.2 Å². The summed E-state index contributed by atoms with van der Waals surface area (Å²) in [5, 5.41) is 10.8. The first-order valence-electron chi connectivity index (χ1n) is 9.61. The van der Waals surface area contributed by atoms with Crippen molar-refractivity contribution in [2.24, 2.45) is 0 Å². The zero-order valence-corrected chi connectivity index (χ0v) is 16.3. The number of fused-ring (bicyclic) bond motifs is 1. The molecule has 0 saturated carbocycles. The van der Waals surface area contributed by atoms with Crippen LogP contribution in [0.4, 0.5) is 18.9 Å². The number of hydrogen-bond donors (Lipinski definition) is 2. The maximum absolute atomic E-state index is 12.8. The van der Waals surface area contributed by atoms with E-state index in [4.69, 9.17) is 0 Å². The summed E-state index contributed by atoms with van der Waals surface area (Å²) in [6.07, 6.45) is -2.94. The summed E-state index contributed by atoms with van der Waals surface area (Å²) in [4.78, 5) is 29.9. The number of nitrogens with one attached hydrogen (secondary N) is 2. The third kappa shape index (κ3) is 4.82. The van der Waals surface area contributed by atoms with E-state index in [0.717, 1.165) is 25.2 Å². The molecule has 11 heteroatoms. The average Bonchev–Trinajstić information content (AvgIpc) is 3.15. The lowest BCUT2D eigenvalue weighted by atomic mass is 10.2. The van der Waals surface area contributed by atoms with E-state index in [0.29, 0.717) is 29.7 Å². The zero-order chi connectivity index (χ0) is 22.0. The second-order valence-electron chi connectivity index (χ2n) is 7.09. The van der Waals surface area contributed by atoms with Crippen LogP contribution < -0.4 is 10.6 Å². The summed E-state index contributed by atoms with van der Waals surface area (Å²) in [5.74, 6) is -0.787. The highest BCUT2D eigenvalue weighted by atomic mass is 19.4. The molecule has 2 aromatic heterocycles. The van der Waals surface area contributed by atoms with Gasteiger partial charge in [0.1, 0.15) is 17.9 Å². The first-order valence-corrected chi connectivity index (χ1v) is 9.61. The molecule has 162 valence electrons. The Kier molecular flexibility index (Phi) is 5.59. The van der Waals surface area contributed by atoms with E-state index in [9.17, 15) is 22.8 Å². The van der Waals surface area contributed by atoms with E-state index < -0.39 is 17.8 Å². The summed E-state index contributed by atoms with van der Waals surface area (Å²) in [5.41, 5.74) is -0.466. The molecule has 0 radical (unpaired) electrons. The van der Waals surface area contributed by atoms with E-state index >= 15 is 0 Å². The Morgan fingerprint density at radius 3 is 2.65 bits per heavy atom. The highest BCUT2D eigenvalue weighted by Gasteiger charge is 2.33. The van der Waals surface area contributed by atoms with Crippen LogP contribution in [0, 0.1) is 0 Å². The van der Waals surface area contributed by atoms with Gasteiger partial charge in [0.05, 0.1) is 5.52 Å². The molecule has 1 aliphatic rings. The maximum atomic E-state index is 12.8. The molecule has 0 aliphatic carbocycles. The molecule has 31 heavy (non-hydrogen) atoms. The number of piperazine rings is 1. The van der Waals surface area contributed by atoms with Crippen LogP contribution in [0.1, 0.15) is 16.2 Å². The number of hydrogen-bond acceptors (Lipinski definition) is 5. The van der Waals surface area contributed by atoms with Crippen LogP contribution in [0.5, 0.6) is 0 Å². The number of anilines is 1. The van der Waals surface area contributed by atoms with Crippen molar-refractivity contribution in [2.45, 2.75) is 12.7 Å². The number of alkyl halides is 3. The molecule has 0 bridgehead atoms. The minimum Gasteiger partial charge on any atom is -0.339 e. The fourth-order valence-electron chi connectivity index (χ4n) is 3.30. The first kappa shape index (κ1) is 20.8. The largest absolute Gasteiger partial charge is 0.433 e. The second kappa shape index (κ2) is 8.34. The van der Waals surface area contributed by atoms with Crippen LogP contribution in [-0.4, -0.2) is 57.7 Å². The molecule has 8 nitrogen and oxygen atoms in total. The molecule has 1 fully saturated rings. The molecular formula is C20H19F3N6O2. The summed E-state index contributed by atoms with van der Waals surface area (Å²) < 4.78 is 40.0. The molecule has 2 N–H and O–H groups in total. The lowest BCUT2D eigenvalue weighted by molar-refractivity contribution is -0.141. The fraction of sp³-hybridized carbons (Fsp3) is 0.300. The molecule has 3 aromatic rings. The molecule has 1 saturated heterocycles. The lowest BCUT2D eigenvalue weighted by Gasteiger charge is -2.27. The van der Waals surface area contributed by atoms with Crippen LogP contribution >= 0.6 is 0 Å². The molecule has 1 aromatic carbocycles. The van der Waals surface area contributed by atoms with Gasteiger partial charge >= 0.3 is 6.18 Å². The number of carbonyl (C=O) groups excluding carboxylic acids is 2. The van der Waals surface area contributed by atoms with Crippen LogP contribution in [0.3, 0.4) is 0 Å². The molecule has 4 rings (SSSR count). The van der Waals surface area contributed by atoms with Gasteiger partial charge in [-0.3, -0.25) is 14.3 Å². The molecule has 1 aliphatic heterocycles. The molecule has 2 amide bonds. The van der Waals surface area contributed by atoms with Crippen LogP contribution in [0.25, 0.3) is 10.9 Å². The highest BCUT2D eigenvalue weighted by molar-refractivity contribution is 6.03. The minimum atomic E-state index is -4.63. The molecule has 3 heterocycles. The van der Waals surface area contributed by atoms with Crippen LogP contribution in [-0.2, 0) is 17.5 Å². The van der Waals surface area contributed by atoms with Crippen molar-refractivity contribution in [3.05, 3.63) is 54.0 Å². The SMILES string of the molecule is O=C(Nc1ccc2nn(CC(=O)N3CCNCC3)cc2c1)c1cccc(C(F)(F)F)n1. The molecule has 0 spiro atoms. The van der Waals surface area contributed by atoms with Crippen molar-refractivity contribution in [1.82, 2.24) is 25.0 Å². The number of pyridine rings is 1. The van der Waals surface area contributed by atoms with Gasteiger partial charge in [0.2, 0.25) is 5.91 Å². The van der Waals surface area contributed by atoms with Gasteiger partial charge in [0, 0.05) is 43.4 Å². The van der Waals surface area contributed by atoms with Crippen LogP contribution in [0.15, 0.2) is 42.6 Å². The monoisotopic (exact) mass is 432 g/mol. The van der Waals surface area contributed by atoms with Gasteiger partial charge in [0.15, 0.2) is 0 Å². The van der Waals surface area contributed by atoms with E-state index in [1.165, 1.54) is 10.7 Å². The molecule has 0 unspecified atom stereocenters. The lowest BCUT2D eigenvalue weighted by Crippen LogP contribution is -2.47. The van der Waals surface area contributed by atoms with Gasteiger partial charge in [-0.25, -0.2) is 4.98 Å². The Morgan fingerprint density at radius 2 is 1.90 bits per heavy atom. The number of nitrogens with zero attached hydrogens (tertiary/aromatic N) is 4. The quantitative estimate of drug-likeness (QED) is 0.659. The van der Waals surface area contributed by atoms with Crippen molar-refractivity contribution in [1.29, 1.82) is 0 Å². The number of benzene rings is 1. The van der Waals surface area contributed by atoms with E-state index in [1.54, 1.807) is 29.3 Å². The van der Waals surface area contributed by atoms with E-state index in [-0.39, 0.29) is 18.1 Å². The Hall–Kier alpha value is -3.47. The summed E-state index contributed by atoms with van der Waals surface area (Å²) in [6, 6.07) is 8.04. The fourth-order valence-corrected chi connectivity index (χ4v) is 3.30. The van der Waals surface area contributed by atoms with Crippen molar-refractivity contribution in [2.75, 3.05) is 31.5 Å². The Labute approximate surface area is 175 Å². The van der Waals surface area contributed by atoms with Crippen molar-refractivity contribution in [3.63, 3.8) is 0 Å². The summed E-state index contributed by atoms with van der Waals surface area (Å²) >= 11 is 0. The molecule has 0 atom stereocenters. The van der Waals surface area contributed by atoms with Gasteiger partial charge < -0.3 is 15.5 Å². The number of carbonyl (C=O) groups is 2.